The van der Waals surface area contributed by atoms with E-state index in [1.54, 1.807) is 11.3 Å². The van der Waals surface area contributed by atoms with Gasteiger partial charge in [0.15, 0.2) is 5.96 Å². The van der Waals surface area contributed by atoms with Crippen molar-refractivity contribution < 1.29 is 4.79 Å². The number of carbonyl (C=O) groups excluding carboxylic acids is 1. The number of carbonyl (C=O) groups is 1. The average molecular weight is 481 g/mol. The normalized spacial score (nSPS) is 13.2. The standard InChI is InChI=1S/C17H31N5OS.HI/c1-7-18-16(20-12-15(23)21-17(2,3)4)19-11-13(22(5)6)14-9-8-10-24-14;/h8-10,13H,7,11-12H2,1-6H3,(H,21,23)(H2,18,19,20);1H. The van der Waals surface area contributed by atoms with Gasteiger partial charge in [-0.15, -0.1) is 35.3 Å². The second kappa shape index (κ2) is 11.7. The van der Waals surface area contributed by atoms with Gasteiger partial charge < -0.3 is 20.9 Å². The molecule has 8 heteroatoms. The third-order valence-corrected chi connectivity index (χ3v) is 4.17. The van der Waals surface area contributed by atoms with Gasteiger partial charge in [-0.2, -0.15) is 0 Å². The quantitative estimate of drug-likeness (QED) is 0.318. The highest BCUT2D eigenvalue weighted by Gasteiger charge is 2.16. The lowest BCUT2D eigenvalue weighted by Crippen LogP contribution is -2.44. The maximum Gasteiger partial charge on any atom is 0.242 e. The van der Waals surface area contributed by atoms with Crippen molar-refractivity contribution >= 4 is 47.2 Å². The van der Waals surface area contributed by atoms with Gasteiger partial charge in [-0.3, -0.25) is 4.79 Å². The van der Waals surface area contributed by atoms with E-state index >= 15 is 0 Å². The summed E-state index contributed by atoms with van der Waals surface area (Å²) in [5, 5.41) is 11.5. The number of halogens is 1. The third kappa shape index (κ3) is 10.0. The number of amides is 1. The van der Waals surface area contributed by atoms with Gasteiger partial charge in [-0.1, -0.05) is 6.07 Å². The summed E-state index contributed by atoms with van der Waals surface area (Å²) in [4.78, 5) is 19.8. The van der Waals surface area contributed by atoms with E-state index in [4.69, 9.17) is 0 Å². The zero-order valence-electron chi connectivity index (χ0n) is 16.0. The van der Waals surface area contributed by atoms with E-state index in [9.17, 15) is 4.79 Å². The minimum absolute atomic E-state index is 0. The van der Waals surface area contributed by atoms with Crippen molar-refractivity contribution in [2.24, 2.45) is 4.99 Å². The molecule has 1 atom stereocenters. The molecular formula is C17H32IN5OS. The third-order valence-electron chi connectivity index (χ3n) is 3.20. The first-order valence-corrected chi connectivity index (χ1v) is 9.14. The molecule has 3 N–H and O–H groups in total. The lowest BCUT2D eigenvalue weighted by atomic mass is 10.1. The van der Waals surface area contributed by atoms with E-state index in [0.717, 1.165) is 13.1 Å². The number of nitrogens with one attached hydrogen (secondary N) is 3. The van der Waals surface area contributed by atoms with Crippen LogP contribution in [0, 0.1) is 0 Å². The van der Waals surface area contributed by atoms with Crippen molar-refractivity contribution in [1.29, 1.82) is 0 Å². The topological polar surface area (TPSA) is 68.8 Å². The zero-order chi connectivity index (χ0) is 18.2. The number of likely N-dealkylation sites (N-methyl/N-ethyl adjacent to an activating group) is 1. The van der Waals surface area contributed by atoms with Gasteiger partial charge in [0.05, 0.1) is 6.04 Å². The molecule has 0 fully saturated rings. The molecule has 1 aromatic rings. The molecule has 1 rings (SSSR count). The molecule has 1 aromatic heterocycles. The Hall–Kier alpha value is -0.870. The van der Waals surface area contributed by atoms with Gasteiger partial charge in [0.25, 0.3) is 0 Å². The summed E-state index contributed by atoms with van der Waals surface area (Å²) in [5.41, 5.74) is -0.242. The van der Waals surface area contributed by atoms with Crippen molar-refractivity contribution in [3.8, 4) is 0 Å². The minimum Gasteiger partial charge on any atom is -0.357 e. The molecule has 0 bridgehead atoms. The first-order valence-electron chi connectivity index (χ1n) is 8.26. The Morgan fingerprint density at radius 2 is 2.00 bits per heavy atom. The summed E-state index contributed by atoms with van der Waals surface area (Å²) < 4.78 is 0. The Balaban J connectivity index is 0.00000576. The summed E-state index contributed by atoms with van der Waals surface area (Å²) >= 11 is 1.74. The SMILES string of the molecule is CCNC(=NCC(=O)NC(C)(C)C)NCC(c1cccs1)N(C)C.I. The van der Waals surface area contributed by atoms with Crippen LogP contribution in [0.1, 0.15) is 38.6 Å². The van der Waals surface area contributed by atoms with Gasteiger partial charge in [-0.05, 0) is 53.2 Å². The smallest absolute Gasteiger partial charge is 0.242 e. The molecule has 25 heavy (non-hydrogen) atoms. The number of hydrogen-bond acceptors (Lipinski definition) is 4. The molecule has 1 unspecified atom stereocenters. The van der Waals surface area contributed by atoms with Crippen LogP contribution in [0.5, 0.6) is 0 Å². The summed E-state index contributed by atoms with van der Waals surface area (Å²) in [6, 6.07) is 4.46. The summed E-state index contributed by atoms with van der Waals surface area (Å²) in [5.74, 6) is 0.576. The van der Waals surface area contributed by atoms with E-state index < -0.39 is 0 Å². The van der Waals surface area contributed by atoms with Crippen LogP contribution in [-0.2, 0) is 4.79 Å². The van der Waals surface area contributed by atoms with Crippen molar-refractivity contribution in [3.63, 3.8) is 0 Å². The van der Waals surface area contributed by atoms with Crippen LogP contribution in [0.2, 0.25) is 0 Å². The Labute approximate surface area is 172 Å². The monoisotopic (exact) mass is 481 g/mol. The molecule has 144 valence electrons. The molecular weight excluding hydrogens is 449 g/mol. The van der Waals surface area contributed by atoms with Crippen LogP contribution in [0.4, 0.5) is 0 Å². The molecule has 0 aliphatic carbocycles. The van der Waals surface area contributed by atoms with E-state index in [2.05, 4.69) is 57.5 Å². The predicted molar refractivity (Wildman–Crippen MR) is 118 cm³/mol. The first kappa shape index (κ1) is 24.1. The maximum atomic E-state index is 11.9. The average Bonchev–Trinajstić information content (AvgIpc) is 2.96. The van der Waals surface area contributed by atoms with Crippen LogP contribution < -0.4 is 16.0 Å². The van der Waals surface area contributed by atoms with E-state index in [-0.39, 0.29) is 48.0 Å². The molecule has 0 aliphatic rings. The molecule has 1 amide bonds. The predicted octanol–water partition coefficient (Wildman–Crippen LogP) is 2.44. The van der Waals surface area contributed by atoms with Crippen molar-refractivity contribution in [1.82, 2.24) is 20.9 Å². The van der Waals surface area contributed by atoms with Gasteiger partial charge in [0.2, 0.25) is 5.91 Å². The number of thiophene rings is 1. The first-order chi connectivity index (χ1) is 11.2. The molecule has 0 aliphatic heterocycles. The van der Waals surface area contributed by atoms with E-state index in [1.165, 1.54) is 4.88 Å². The largest absolute Gasteiger partial charge is 0.357 e. The maximum absolute atomic E-state index is 11.9. The molecule has 0 aromatic carbocycles. The van der Waals surface area contributed by atoms with Crippen LogP contribution >= 0.6 is 35.3 Å². The van der Waals surface area contributed by atoms with Gasteiger partial charge >= 0.3 is 0 Å². The molecule has 6 nitrogen and oxygen atoms in total. The van der Waals surface area contributed by atoms with Crippen LogP contribution in [-0.4, -0.2) is 56.0 Å². The van der Waals surface area contributed by atoms with Crippen molar-refractivity contribution in [2.75, 3.05) is 33.7 Å². The fourth-order valence-corrected chi connectivity index (χ4v) is 3.08. The Morgan fingerprint density at radius 1 is 1.32 bits per heavy atom. The number of guanidine groups is 1. The Bertz CT molecular complexity index is 526. The second-order valence-corrected chi connectivity index (χ2v) is 7.85. The number of nitrogens with zero attached hydrogens (tertiary/aromatic N) is 2. The minimum atomic E-state index is -0.242. The molecule has 0 spiro atoms. The number of hydrogen-bond donors (Lipinski definition) is 3. The fraction of sp³-hybridized carbons (Fsp3) is 0.647. The Kier molecular flexibility index (Phi) is 11.3. The molecule has 0 radical (unpaired) electrons. The van der Waals surface area contributed by atoms with Crippen LogP contribution in [0.15, 0.2) is 22.5 Å². The molecule has 0 saturated heterocycles. The van der Waals surface area contributed by atoms with Gasteiger partial charge in [-0.25, -0.2) is 4.99 Å². The van der Waals surface area contributed by atoms with Crippen molar-refractivity contribution in [2.45, 2.75) is 39.3 Å². The number of aliphatic imine (C=N–C) groups is 1. The summed E-state index contributed by atoms with van der Waals surface area (Å²) in [7, 11) is 4.12. The highest BCUT2D eigenvalue weighted by atomic mass is 127. The van der Waals surface area contributed by atoms with Gasteiger partial charge in [0.1, 0.15) is 6.54 Å². The lowest BCUT2D eigenvalue weighted by molar-refractivity contribution is -0.121. The van der Waals surface area contributed by atoms with Crippen LogP contribution in [0.3, 0.4) is 0 Å². The molecule has 1 heterocycles. The molecule has 0 saturated carbocycles. The van der Waals surface area contributed by atoms with Crippen LogP contribution in [0.25, 0.3) is 0 Å². The number of rotatable bonds is 7. The Morgan fingerprint density at radius 3 is 2.48 bits per heavy atom. The highest BCUT2D eigenvalue weighted by Crippen LogP contribution is 2.22. The van der Waals surface area contributed by atoms with E-state index in [1.807, 2.05) is 27.7 Å². The fourth-order valence-electron chi connectivity index (χ4n) is 2.16. The highest BCUT2D eigenvalue weighted by molar-refractivity contribution is 14.0. The van der Waals surface area contributed by atoms with Gasteiger partial charge in [0, 0.05) is 23.5 Å². The summed E-state index contributed by atoms with van der Waals surface area (Å²) in [6.07, 6.45) is 0. The van der Waals surface area contributed by atoms with E-state index in [0.29, 0.717) is 5.96 Å². The van der Waals surface area contributed by atoms with Crippen molar-refractivity contribution in [3.05, 3.63) is 22.4 Å². The second-order valence-electron chi connectivity index (χ2n) is 6.87. The zero-order valence-corrected chi connectivity index (χ0v) is 19.2. The summed E-state index contributed by atoms with van der Waals surface area (Å²) in [6.45, 7) is 9.47. The lowest BCUT2D eigenvalue weighted by Gasteiger charge is -2.24.